The van der Waals surface area contributed by atoms with E-state index in [1.165, 1.54) is 21.9 Å². The van der Waals surface area contributed by atoms with Crippen LogP contribution in [0, 0.1) is 18.6 Å². The normalized spacial score (nSPS) is 13.5. The Labute approximate surface area is 212 Å². The average molecular weight is 515 g/mol. The number of aryl methyl sites for hydroxylation is 1. The number of hydrogen-bond acceptors (Lipinski definition) is 5. The lowest BCUT2D eigenvalue weighted by Crippen LogP contribution is -2.45. The van der Waals surface area contributed by atoms with Crippen molar-refractivity contribution in [3.8, 4) is 0 Å². The summed E-state index contributed by atoms with van der Waals surface area (Å²) in [6.45, 7) is 7.53. The maximum absolute atomic E-state index is 14.8. The molecule has 3 aromatic rings. The van der Waals surface area contributed by atoms with Gasteiger partial charge in [-0.1, -0.05) is 20.8 Å². The number of fused-ring (bicyclic) bond motifs is 1. The Morgan fingerprint density at radius 2 is 1.86 bits per heavy atom. The Kier molecular flexibility index (Phi) is 6.61. The van der Waals surface area contributed by atoms with Crippen LogP contribution >= 0.6 is 11.3 Å². The number of carbonyl (C=O) groups excluding carboxylic acids is 2. The number of anilines is 5. The van der Waals surface area contributed by atoms with Crippen molar-refractivity contribution in [1.29, 1.82) is 0 Å². The molecule has 0 bridgehead atoms. The first-order valence-electron chi connectivity index (χ1n) is 11.3. The van der Waals surface area contributed by atoms with E-state index in [1.807, 2.05) is 20.8 Å². The number of pyridine rings is 1. The molecule has 0 aliphatic carbocycles. The molecular weight excluding hydrogens is 486 g/mol. The molecule has 0 radical (unpaired) electrons. The maximum atomic E-state index is 14.8. The van der Waals surface area contributed by atoms with Crippen molar-refractivity contribution in [3.05, 3.63) is 58.1 Å². The number of aromatic nitrogens is 1. The van der Waals surface area contributed by atoms with Crippen LogP contribution in [0.25, 0.3) is 0 Å². The summed E-state index contributed by atoms with van der Waals surface area (Å²) < 4.78 is 29.5. The molecule has 3 N–H and O–H groups in total. The van der Waals surface area contributed by atoms with E-state index in [4.69, 9.17) is 0 Å². The number of nitrogens with one attached hydrogen (secondary N) is 3. The van der Waals surface area contributed by atoms with Crippen molar-refractivity contribution in [2.75, 3.05) is 39.8 Å². The van der Waals surface area contributed by atoms with Crippen molar-refractivity contribution in [3.63, 3.8) is 0 Å². The topological polar surface area (TPSA) is 89.6 Å². The van der Waals surface area contributed by atoms with Gasteiger partial charge in [-0.15, -0.1) is 11.3 Å². The van der Waals surface area contributed by atoms with E-state index < -0.39 is 23.1 Å². The number of hydrogen-bond donors (Lipinski definition) is 3. The van der Waals surface area contributed by atoms with Gasteiger partial charge in [-0.3, -0.25) is 15.1 Å². The fourth-order valence-corrected chi connectivity index (χ4v) is 5.05. The van der Waals surface area contributed by atoms with E-state index in [0.717, 1.165) is 22.6 Å². The van der Waals surface area contributed by atoms with Crippen molar-refractivity contribution < 1.29 is 18.4 Å². The van der Waals surface area contributed by atoms with Crippen LogP contribution in [0.3, 0.4) is 0 Å². The number of rotatable bonds is 4. The van der Waals surface area contributed by atoms with Gasteiger partial charge in [-0.05, 0) is 35.4 Å². The Bertz CT molecular complexity index is 1350. The molecule has 0 spiro atoms. The second kappa shape index (κ2) is 9.38. The lowest BCUT2D eigenvalue weighted by atomic mass is 9.89. The fraction of sp³-hybridized carbons (Fsp3) is 0.320. The molecule has 36 heavy (non-hydrogen) atoms. The van der Waals surface area contributed by atoms with Crippen LogP contribution in [-0.4, -0.2) is 31.1 Å². The Morgan fingerprint density at radius 3 is 2.50 bits per heavy atom. The van der Waals surface area contributed by atoms with Crippen molar-refractivity contribution in [1.82, 2.24) is 4.98 Å². The predicted octanol–water partition coefficient (Wildman–Crippen LogP) is 6.29. The van der Waals surface area contributed by atoms with Gasteiger partial charge in [0, 0.05) is 37.5 Å². The Morgan fingerprint density at radius 1 is 1.14 bits per heavy atom. The summed E-state index contributed by atoms with van der Waals surface area (Å²) in [7, 11) is 3.40. The molecule has 1 aliphatic heterocycles. The molecule has 4 amide bonds. The number of nitrogens with zero attached hydrogens (tertiary/aromatic N) is 3. The summed E-state index contributed by atoms with van der Waals surface area (Å²) in [5, 5.41) is 9.55. The highest BCUT2D eigenvalue weighted by molar-refractivity contribution is 7.14. The molecule has 0 saturated heterocycles. The molecule has 0 saturated carbocycles. The van der Waals surface area contributed by atoms with Gasteiger partial charge in [-0.25, -0.2) is 23.4 Å². The van der Waals surface area contributed by atoms with Gasteiger partial charge in [0.05, 0.1) is 23.6 Å². The molecule has 0 atom stereocenters. The smallest absolute Gasteiger partial charge is 0.329 e. The van der Waals surface area contributed by atoms with Crippen LogP contribution in [0.1, 0.15) is 37.5 Å². The van der Waals surface area contributed by atoms with Gasteiger partial charge in [0.25, 0.3) is 0 Å². The quantitative estimate of drug-likeness (QED) is 0.382. The first-order valence-corrected chi connectivity index (χ1v) is 12.2. The SMILES string of the molecule is CNc1cc2c(cn1)CN(c1cc(NC(=O)Nc3scc(C(C)(C)C)c3F)c(F)cc1C)C(=O)N2C. The standard InChI is InChI=1S/C25H28F2N6O2S/c1-13-7-16(26)17(30-23(34)31-22-21(27)15(12-36-22)25(2,3)4)8-18(13)33-11-14-10-29-20(28-5)9-19(14)32(6)24(33)35/h7-10,12H,11H2,1-6H3,(H,28,29)(H2,30,31,34). The third-order valence-electron chi connectivity index (χ3n) is 6.02. The van der Waals surface area contributed by atoms with Gasteiger partial charge in [0.1, 0.15) is 16.6 Å². The number of benzene rings is 1. The number of halogens is 2. The lowest BCUT2D eigenvalue weighted by Gasteiger charge is -2.36. The molecule has 1 aromatic carbocycles. The van der Waals surface area contributed by atoms with Gasteiger partial charge in [0.2, 0.25) is 0 Å². The maximum Gasteiger partial charge on any atom is 0.329 e. The van der Waals surface area contributed by atoms with E-state index >= 15 is 0 Å². The van der Waals surface area contributed by atoms with Crippen LogP contribution in [-0.2, 0) is 12.0 Å². The predicted molar refractivity (Wildman–Crippen MR) is 141 cm³/mol. The van der Waals surface area contributed by atoms with E-state index in [0.29, 0.717) is 22.6 Å². The fourth-order valence-electron chi connectivity index (χ4n) is 3.99. The summed E-state index contributed by atoms with van der Waals surface area (Å²) in [5.74, 6) is -0.551. The van der Waals surface area contributed by atoms with E-state index in [9.17, 15) is 18.4 Å². The third-order valence-corrected chi connectivity index (χ3v) is 6.89. The monoisotopic (exact) mass is 514 g/mol. The van der Waals surface area contributed by atoms with Gasteiger partial charge >= 0.3 is 12.1 Å². The van der Waals surface area contributed by atoms with Crippen molar-refractivity contribution >= 4 is 51.3 Å². The highest BCUT2D eigenvalue weighted by Crippen LogP contribution is 2.36. The minimum absolute atomic E-state index is 0.0445. The summed E-state index contributed by atoms with van der Waals surface area (Å²) in [6.07, 6.45) is 1.68. The largest absolute Gasteiger partial charge is 0.373 e. The Balaban J connectivity index is 1.59. The van der Waals surface area contributed by atoms with Gasteiger partial charge in [0.15, 0.2) is 5.82 Å². The molecule has 2 aromatic heterocycles. The second-order valence-electron chi connectivity index (χ2n) is 9.62. The zero-order valence-electron chi connectivity index (χ0n) is 20.9. The van der Waals surface area contributed by atoms with Crippen LogP contribution in [0.2, 0.25) is 0 Å². The van der Waals surface area contributed by atoms with Crippen molar-refractivity contribution in [2.24, 2.45) is 0 Å². The first-order chi connectivity index (χ1) is 16.9. The number of amides is 4. The molecule has 0 unspecified atom stereocenters. The average Bonchev–Trinajstić information content (AvgIpc) is 3.18. The van der Waals surface area contributed by atoms with E-state index in [1.54, 1.807) is 38.7 Å². The van der Waals surface area contributed by atoms with E-state index in [-0.39, 0.29) is 23.3 Å². The lowest BCUT2D eigenvalue weighted by molar-refractivity contribution is 0.251. The minimum Gasteiger partial charge on any atom is -0.373 e. The summed E-state index contributed by atoms with van der Waals surface area (Å²) in [4.78, 5) is 33.1. The van der Waals surface area contributed by atoms with E-state index in [2.05, 4.69) is 20.9 Å². The van der Waals surface area contributed by atoms with Crippen LogP contribution in [0.4, 0.5) is 46.3 Å². The van der Waals surface area contributed by atoms with Gasteiger partial charge in [-0.2, -0.15) is 0 Å². The Hall–Kier alpha value is -3.73. The molecule has 0 fully saturated rings. The zero-order valence-corrected chi connectivity index (χ0v) is 21.7. The van der Waals surface area contributed by atoms with Crippen LogP contribution < -0.4 is 25.8 Å². The van der Waals surface area contributed by atoms with Crippen LogP contribution in [0.15, 0.2) is 29.8 Å². The number of carbonyl (C=O) groups is 2. The molecule has 11 heteroatoms. The molecule has 3 heterocycles. The molecule has 4 rings (SSSR count). The second-order valence-corrected chi connectivity index (χ2v) is 10.5. The first kappa shape index (κ1) is 25.4. The summed E-state index contributed by atoms with van der Waals surface area (Å²) in [6, 6.07) is 3.34. The zero-order chi connectivity index (χ0) is 26.4. The summed E-state index contributed by atoms with van der Waals surface area (Å²) >= 11 is 1.06. The van der Waals surface area contributed by atoms with Crippen molar-refractivity contribution in [2.45, 2.75) is 39.7 Å². The third kappa shape index (κ3) is 4.70. The molecule has 1 aliphatic rings. The molecule has 190 valence electrons. The minimum atomic E-state index is -0.791. The molecular formula is C25H28F2N6O2S. The number of urea groups is 2. The highest BCUT2D eigenvalue weighted by Gasteiger charge is 2.31. The highest BCUT2D eigenvalue weighted by atomic mass is 32.1. The van der Waals surface area contributed by atoms with Gasteiger partial charge < -0.3 is 10.6 Å². The van der Waals surface area contributed by atoms with Crippen LogP contribution in [0.5, 0.6) is 0 Å². The molecule has 8 nitrogen and oxygen atoms in total. The summed E-state index contributed by atoms with van der Waals surface area (Å²) in [5.41, 5.74) is 2.41. The number of thiophene rings is 1.